The minimum atomic E-state index is 0.0111. The van der Waals surface area contributed by atoms with Crippen molar-refractivity contribution in [2.45, 2.75) is 44.2 Å². The van der Waals surface area contributed by atoms with Gasteiger partial charge >= 0.3 is 0 Å². The summed E-state index contributed by atoms with van der Waals surface area (Å²) in [5.74, 6) is 0.940. The van der Waals surface area contributed by atoms with Gasteiger partial charge in [-0.3, -0.25) is 4.79 Å². The molecule has 132 valence electrons. The van der Waals surface area contributed by atoms with Crippen molar-refractivity contribution in [3.8, 4) is 16.9 Å². The fraction of sp³-hybridized carbons (Fsp3) is 0.476. The monoisotopic (exact) mass is 338 g/mol. The summed E-state index contributed by atoms with van der Waals surface area (Å²) < 4.78 is 7.79. The fourth-order valence-corrected chi connectivity index (χ4v) is 3.79. The van der Waals surface area contributed by atoms with Crippen LogP contribution in [0, 0.1) is 0 Å². The zero-order valence-corrected chi connectivity index (χ0v) is 14.9. The van der Waals surface area contributed by atoms with Crippen molar-refractivity contribution in [2.24, 2.45) is 7.05 Å². The minimum Gasteiger partial charge on any atom is -0.490 e. The Balaban J connectivity index is 1.36. The van der Waals surface area contributed by atoms with E-state index in [0.717, 1.165) is 35.8 Å². The van der Waals surface area contributed by atoms with Crippen LogP contribution in [0.1, 0.15) is 32.1 Å². The molecule has 0 bridgehead atoms. The summed E-state index contributed by atoms with van der Waals surface area (Å²) in [5, 5.41) is 0. The Morgan fingerprint density at radius 3 is 2.20 bits per heavy atom. The first-order valence-corrected chi connectivity index (χ1v) is 9.37. The van der Waals surface area contributed by atoms with Gasteiger partial charge in [0.25, 0.3) is 0 Å². The normalized spacial score (nSPS) is 19.6. The van der Waals surface area contributed by atoms with Crippen molar-refractivity contribution < 1.29 is 4.74 Å². The highest BCUT2D eigenvalue weighted by Gasteiger charge is 2.29. The second-order valence-corrected chi connectivity index (χ2v) is 7.33. The molecular formula is C21H26N2O2. The summed E-state index contributed by atoms with van der Waals surface area (Å²) in [4.78, 5) is 14.2. The predicted molar refractivity (Wildman–Crippen MR) is 100.0 cm³/mol. The van der Waals surface area contributed by atoms with Gasteiger partial charge in [0, 0.05) is 38.4 Å². The Kier molecular flexibility index (Phi) is 4.62. The van der Waals surface area contributed by atoms with Crippen LogP contribution in [0.4, 0.5) is 0 Å². The number of hydrogen-bond acceptors (Lipinski definition) is 3. The largest absolute Gasteiger partial charge is 0.490 e. The summed E-state index contributed by atoms with van der Waals surface area (Å²) in [6, 6.07) is 12.5. The smallest absolute Gasteiger partial charge is 0.250 e. The first-order valence-electron chi connectivity index (χ1n) is 9.37. The van der Waals surface area contributed by atoms with Crippen molar-refractivity contribution in [3.63, 3.8) is 0 Å². The number of benzene rings is 1. The molecule has 2 aromatic rings. The molecule has 2 heterocycles. The zero-order chi connectivity index (χ0) is 17.2. The Hall–Kier alpha value is -2.07. The molecule has 1 saturated heterocycles. The van der Waals surface area contributed by atoms with E-state index in [9.17, 15) is 4.79 Å². The Morgan fingerprint density at radius 2 is 1.60 bits per heavy atom. The predicted octanol–water partition coefficient (Wildman–Crippen LogP) is 3.45. The number of aryl methyl sites for hydroxylation is 1. The van der Waals surface area contributed by atoms with Crippen LogP contribution in [0.25, 0.3) is 11.1 Å². The average Bonchev–Trinajstić information content (AvgIpc) is 2.58. The molecule has 1 aromatic carbocycles. The number of rotatable bonds is 4. The first kappa shape index (κ1) is 16.4. The third-order valence-electron chi connectivity index (χ3n) is 5.64. The van der Waals surface area contributed by atoms with Crippen LogP contribution in [0.5, 0.6) is 5.75 Å². The lowest BCUT2D eigenvalue weighted by Crippen LogP contribution is -2.46. The average molecular weight is 338 g/mol. The second kappa shape index (κ2) is 7.04. The number of likely N-dealkylation sites (tertiary alicyclic amines) is 1. The number of ether oxygens (including phenoxy) is 1. The van der Waals surface area contributed by atoms with E-state index in [1.54, 1.807) is 17.7 Å². The molecule has 1 saturated carbocycles. The molecule has 0 amide bonds. The topological polar surface area (TPSA) is 34.5 Å². The van der Waals surface area contributed by atoms with Crippen LogP contribution in [0.3, 0.4) is 0 Å². The highest BCUT2D eigenvalue weighted by molar-refractivity contribution is 5.63. The maximum absolute atomic E-state index is 11.5. The van der Waals surface area contributed by atoms with E-state index in [0.29, 0.717) is 6.10 Å². The molecule has 4 nitrogen and oxygen atoms in total. The molecule has 2 aliphatic rings. The summed E-state index contributed by atoms with van der Waals surface area (Å²) in [6.45, 7) is 2.34. The van der Waals surface area contributed by atoms with Crippen molar-refractivity contribution in [3.05, 3.63) is 52.9 Å². The highest BCUT2D eigenvalue weighted by Crippen LogP contribution is 2.29. The van der Waals surface area contributed by atoms with Crippen LogP contribution in [-0.4, -0.2) is 34.7 Å². The van der Waals surface area contributed by atoms with Crippen LogP contribution in [-0.2, 0) is 7.05 Å². The minimum absolute atomic E-state index is 0.0111. The zero-order valence-electron chi connectivity index (χ0n) is 14.9. The maximum Gasteiger partial charge on any atom is 0.250 e. The molecule has 1 aromatic heterocycles. The van der Waals surface area contributed by atoms with E-state index < -0.39 is 0 Å². The molecule has 25 heavy (non-hydrogen) atoms. The van der Waals surface area contributed by atoms with Gasteiger partial charge in [-0.05, 0) is 55.0 Å². The molecule has 1 aliphatic carbocycles. The van der Waals surface area contributed by atoms with Crippen molar-refractivity contribution in [2.75, 3.05) is 13.1 Å². The number of pyridine rings is 1. The van der Waals surface area contributed by atoms with Gasteiger partial charge in [0.05, 0.1) is 0 Å². The van der Waals surface area contributed by atoms with E-state index in [2.05, 4.69) is 17.0 Å². The quantitative estimate of drug-likeness (QED) is 0.856. The van der Waals surface area contributed by atoms with Gasteiger partial charge in [0.2, 0.25) is 5.56 Å². The molecule has 4 rings (SSSR count). The Morgan fingerprint density at radius 1 is 0.920 bits per heavy atom. The molecule has 0 N–H and O–H groups in total. The number of aromatic nitrogens is 1. The fourth-order valence-electron chi connectivity index (χ4n) is 3.79. The van der Waals surface area contributed by atoms with Gasteiger partial charge in [0.1, 0.15) is 11.9 Å². The number of piperidine rings is 1. The maximum atomic E-state index is 11.5. The number of hydrogen-bond donors (Lipinski definition) is 0. The van der Waals surface area contributed by atoms with Gasteiger partial charge in [0.15, 0.2) is 0 Å². The third kappa shape index (κ3) is 3.64. The van der Waals surface area contributed by atoms with Crippen LogP contribution < -0.4 is 10.3 Å². The summed E-state index contributed by atoms with van der Waals surface area (Å²) in [5.41, 5.74) is 2.15. The Bertz CT molecular complexity index is 769. The molecule has 0 atom stereocenters. The molecule has 0 unspecified atom stereocenters. The summed E-state index contributed by atoms with van der Waals surface area (Å²) >= 11 is 0. The first-order chi connectivity index (χ1) is 12.2. The van der Waals surface area contributed by atoms with E-state index in [4.69, 9.17) is 4.74 Å². The molecule has 0 radical (unpaired) electrons. The summed E-state index contributed by atoms with van der Waals surface area (Å²) in [7, 11) is 1.78. The van der Waals surface area contributed by atoms with Gasteiger partial charge in [-0.25, -0.2) is 0 Å². The SMILES string of the molecule is Cn1cc(-c2ccc(OC3CCN(C4CCC4)CC3)cc2)ccc1=O. The van der Waals surface area contributed by atoms with E-state index in [-0.39, 0.29) is 5.56 Å². The lowest BCUT2D eigenvalue weighted by molar-refractivity contribution is 0.0493. The molecule has 0 spiro atoms. The molecular weight excluding hydrogens is 312 g/mol. The van der Waals surface area contributed by atoms with E-state index in [1.165, 1.54) is 32.4 Å². The molecule has 2 fully saturated rings. The van der Waals surface area contributed by atoms with Crippen molar-refractivity contribution in [1.29, 1.82) is 0 Å². The third-order valence-corrected chi connectivity index (χ3v) is 5.64. The van der Waals surface area contributed by atoms with E-state index >= 15 is 0 Å². The standard InChI is InChI=1S/C21H26N2O2/c1-22-15-17(7-10-21(22)24)16-5-8-19(9-6-16)25-20-11-13-23(14-12-20)18-3-2-4-18/h5-10,15,18,20H,2-4,11-14H2,1H3. The second-order valence-electron chi connectivity index (χ2n) is 7.33. The lowest BCUT2D eigenvalue weighted by Gasteiger charge is -2.41. The van der Waals surface area contributed by atoms with Gasteiger partial charge in [-0.2, -0.15) is 0 Å². The van der Waals surface area contributed by atoms with Crippen molar-refractivity contribution in [1.82, 2.24) is 9.47 Å². The van der Waals surface area contributed by atoms with Crippen molar-refractivity contribution >= 4 is 0 Å². The highest BCUT2D eigenvalue weighted by atomic mass is 16.5. The lowest BCUT2D eigenvalue weighted by atomic mass is 9.90. The van der Waals surface area contributed by atoms with Gasteiger partial charge in [-0.1, -0.05) is 18.6 Å². The Labute approximate surface area is 149 Å². The molecule has 4 heteroatoms. The number of nitrogens with zero attached hydrogens (tertiary/aromatic N) is 2. The van der Waals surface area contributed by atoms with E-state index in [1.807, 2.05) is 24.4 Å². The van der Waals surface area contributed by atoms with Crippen LogP contribution >= 0.6 is 0 Å². The molecule has 1 aliphatic heterocycles. The van der Waals surface area contributed by atoms with Gasteiger partial charge in [-0.15, -0.1) is 0 Å². The van der Waals surface area contributed by atoms with Gasteiger partial charge < -0.3 is 14.2 Å². The van der Waals surface area contributed by atoms with Crippen LogP contribution in [0.2, 0.25) is 0 Å². The van der Waals surface area contributed by atoms with Crippen LogP contribution in [0.15, 0.2) is 47.4 Å². The summed E-state index contributed by atoms with van der Waals surface area (Å²) in [6.07, 6.45) is 8.63.